The van der Waals surface area contributed by atoms with Gasteiger partial charge in [0.2, 0.25) is 0 Å². The van der Waals surface area contributed by atoms with Gasteiger partial charge in [0, 0.05) is 24.0 Å². The number of aromatic amines is 1. The van der Waals surface area contributed by atoms with E-state index < -0.39 is 0 Å². The fraction of sp³-hybridized carbons (Fsp3) is 0.263. The van der Waals surface area contributed by atoms with Crippen molar-refractivity contribution >= 4 is 39.8 Å². The van der Waals surface area contributed by atoms with Gasteiger partial charge in [-0.2, -0.15) is 5.10 Å². The lowest BCUT2D eigenvalue weighted by Crippen LogP contribution is -2.27. The van der Waals surface area contributed by atoms with Crippen LogP contribution < -0.4 is 15.6 Å². The number of hydrogen-bond donors (Lipinski definition) is 2. The number of likely N-dealkylation sites (tertiary alicyclic amines) is 1. The standard InChI is InChI=1S/C19H18ClN5O3/c1-28-14-8-11(19(27)25-6-2-3-7-25)4-5-13(14)22-17-16-12(9-15(20)23-17)10-21-24-18(16)26/h4-5,8-10H,2-3,6-7H2,1H3,(H,22,23)(H,24,26). The first-order valence-electron chi connectivity index (χ1n) is 8.85. The third-order valence-electron chi connectivity index (χ3n) is 4.71. The maximum atomic E-state index is 12.6. The Morgan fingerprint density at radius 3 is 2.82 bits per heavy atom. The molecule has 2 N–H and O–H groups in total. The van der Waals surface area contributed by atoms with Gasteiger partial charge < -0.3 is 15.0 Å². The van der Waals surface area contributed by atoms with E-state index in [0.717, 1.165) is 25.9 Å². The lowest BCUT2D eigenvalue weighted by Gasteiger charge is -2.17. The van der Waals surface area contributed by atoms with E-state index in [1.165, 1.54) is 13.3 Å². The van der Waals surface area contributed by atoms with Gasteiger partial charge in [0.05, 0.1) is 24.4 Å². The van der Waals surface area contributed by atoms with Gasteiger partial charge in [0.15, 0.2) is 0 Å². The Balaban J connectivity index is 1.72. The van der Waals surface area contributed by atoms with Crippen LogP contribution in [-0.4, -0.2) is 46.2 Å². The van der Waals surface area contributed by atoms with E-state index in [4.69, 9.17) is 16.3 Å². The van der Waals surface area contributed by atoms with Crippen LogP contribution in [0, 0.1) is 0 Å². The van der Waals surface area contributed by atoms with Crippen LogP contribution in [0.15, 0.2) is 35.3 Å². The molecule has 0 bridgehead atoms. The zero-order valence-corrected chi connectivity index (χ0v) is 15.9. The Bertz CT molecular complexity index is 1110. The Hall–Kier alpha value is -3.13. The highest BCUT2D eigenvalue weighted by Crippen LogP contribution is 2.31. The third kappa shape index (κ3) is 3.38. The van der Waals surface area contributed by atoms with E-state index >= 15 is 0 Å². The Kier molecular flexibility index (Phi) is 4.87. The van der Waals surface area contributed by atoms with Crippen LogP contribution in [0.5, 0.6) is 5.75 Å². The number of amides is 1. The number of nitrogens with zero attached hydrogens (tertiary/aromatic N) is 3. The number of H-pyrrole nitrogens is 1. The summed E-state index contributed by atoms with van der Waals surface area (Å²) in [5.41, 5.74) is 0.729. The number of pyridine rings is 1. The van der Waals surface area contributed by atoms with Gasteiger partial charge in [-0.3, -0.25) is 9.59 Å². The Labute approximate surface area is 165 Å². The highest BCUT2D eigenvalue weighted by molar-refractivity contribution is 6.30. The molecule has 1 aliphatic rings. The van der Waals surface area contributed by atoms with Crippen molar-refractivity contribution in [1.29, 1.82) is 0 Å². The van der Waals surface area contributed by atoms with Crippen molar-refractivity contribution in [3.8, 4) is 5.75 Å². The summed E-state index contributed by atoms with van der Waals surface area (Å²) in [4.78, 5) is 30.9. The van der Waals surface area contributed by atoms with E-state index in [0.29, 0.717) is 27.8 Å². The molecule has 144 valence electrons. The van der Waals surface area contributed by atoms with Crippen LogP contribution in [0.4, 0.5) is 11.5 Å². The van der Waals surface area contributed by atoms with E-state index in [1.54, 1.807) is 24.3 Å². The Morgan fingerprint density at radius 2 is 2.07 bits per heavy atom. The molecule has 0 saturated carbocycles. The zero-order chi connectivity index (χ0) is 19.7. The van der Waals surface area contributed by atoms with Gasteiger partial charge in [-0.25, -0.2) is 10.1 Å². The quantitative estimate of drug-likeness (QED) is 0.654. The SMILES string of the molecule is COc1cc(C(=O)N2CCCC2)ccc1Nc1nc(Cl)cc2cn[nH]c(=O)c12. The van der Waals surface area contributed by atoms with Crippen LogP contribution in [-0.2, 0) is 0 Å². The van der Waals surface area contributed by atoms with Crippen molar-refractivity contribution in [3.63, 3.8) is 0 Å². The van der Waals surface area contributed by atoms with Crippen LogP contribution >= 0.6 is 11.6 Å². The predicted molar refractivity (Wildman–Crippen MR) is 107 cm³/mol. The van der Waals surface area contributed by atoms with Crippen molar-refractivity contribution in [3.05, 3.63) is 51.5 Å². The number of aromatic nitrogens is 3. The number of fused-ring (bicyclic) bond motifs is 1. The minimum atomic E-state index is -0.385. The highest BCUT2D eigenvalue weighted by atomic mass is 35.5. The van der Waals surface area contributed by atoms with Crippen molar-refractivity contribution < 1.29 is 9.53 Å². The topological polar surface area (TPSA) is 100 Å². The van der Waals surface area contributed by atoms with Crippen molar-refractivity contribution in [2.24, 2.45) is 0 Å². The molecule has 0 radical (unpaired) electrons. The molecule has 4 rings (SSSR count). The summed E-state index contributed by atoms with van der Waals surface area (Å²) < 4.78 is 5.45. The van der Waals surface area contributed by atoms with Crippen molar-refractivity contribution in [2.45, 2.75) is 12.8 Å². The van der Waals surface area contributed by atoms with Crippen LogP contribution in [0.2, 0.25) is 5.15 Å². The van der Waals surface area contributed by atoms with Crippen molar-refractivity contribution in [2.75, 3.05) is 25.5 Å². The maximum absolute atomic E-state index is 12.6. The number of hydrogen-bond acceptors (Lipinski definition) is 6. The summed E-state index contributed by atoms with van der Waals surface area (Å²) in [6.07, 6.45) is 3.56. The first-order chi connectivity index (χ1) is 13.6. The summed E-state index contributed by atoms with van der Waals surface area (Å²) in [6, 6.07) is 6.71. The molecule has 0 spiro atoms. The van der Waals surface area contributed by atoms with E-state index in [2.05, 4.69) is 20.5 Å². The minimum absolute atomic E-state index is 0.0174. The third-order valence-corrected chi connectivity index (χ3v) is 4.90. The maximum Gasteiger partial charge on any atom is 0.275 e. The molecule has 0 unspecified atom stereocenters. The molecule has 8 nitrogen and oxygen atoms in total. The Morgan fingerprint density at radius 1 is 1.29 bits per heavy atom. The number of nitrogens with one attached hydrogen (secondary N) is 2. The summed E-state index contributed by atoms with van der Waals surface area (Å²) in [5.74, 6) is 0.727. The number of halogens is 1. The molecular weight excluding hydrogens is 382 g/mol. The molecule has 1 fully saturated rings. The summed E-state index contributed by atoms with van der Waals surface area (Å²) in [7, 11) is 1.52. The molecule has 3 heterocycles. The van der Waals surface area contributed by atoms with Crippen LogP contribution in [0.25, 0.3) is 10.8 Å². The fourth-order valence-electron chi connectivity index (χ4n) is 3.34. The molecule has 3 aromatic rings. The zero-order valence-electron chi connectivity index (χ0n) is 15.2. The van der Waals surface area contributed by atoms with Crippen LogP contribution in [0.1, 0.15) is 23.2 Å². The number of rotatable bonds is 4. The number of carbonyl (C=O) groups is 1. The minimum Gasteiger partial charge on any atom is -0.495 e. The first kappa shape index (κ1) is 18.2. The van der Waals surface area contributed by atoms with Crippen LogP contribution in [0.3, 0.4) is 0 Å². The van der Waals surface area contributed by atoms with Gasteiger partial charge in [-0.15, -0.1) is 0 Å². The first-order valence-corrected chi connectivity index (χ1v) is 9.23. The molecule has 28 heavy (non-hydrogen) atoms. The summed E-state index contributed by atoms with van der Waals surface area (Å²) in [5, 5.41) is 10.4. The normalized spacial score (nSPS) is 13.7. The van der Waals surface area contributed by atoms with E-state index in [1.807, 2.05) is 4.90 Å². The fourth-order valence-corrected chi connectivity index (χ4v) is 3.54. The molecule has 1 saturated heterocycles. The predicted octanol–water partition coefficient (Wildman–Crippen LogP) is 2.96. The highest BCUT2D eigenvalue weighted by Gasteiger charge is 2.21. The number of methoxy groups -OCH3 is 1. The molecular formula is C19H18ClN5O3. The average molecular weight is 400 g/mol. The molecule has 1 aromatic carbocycles. The summed E-state index contributed by atoms with van der Waals surface area (Å²) in [6.45, 7) is 1.55. The molecule has 9 heteroatoms. The second kappa shape index (κ2) is 7.47. The molecule has 0 atom stereocenters. The second-order valence-corrected chi connectivity index (χ2v) is 6.88. The van der Waals surface area contributed by atoms with Gasteiger partial charge in [0.1, 0.15) is 16.7 Å². The number of anilines is 2. The lowest BCUT2D eigenvalue weighted by molar-refractivity contribution is 0.0792. The largest absolute Gasteiger partial charge is 0.495 e. The van der Waals surface area contributed by atoms with Gasteiger partial charge in [-0.05, 0) is 37.1 Å². The molecule has 0 aliphatic carbocycles. The smallest absolute Gasteiger partial charge is 0.275 e. The second-order valence-electron chi connectivity index (χ2n) is 6.50. The average Bonchev–Trinajstić information content (AvgIpc) is 3.22. The number of carbonyl (C=O) groups excluding carboxylic acids is 1. The lowest BCUT2D eigenvalue weighted by atomic mass is 10.1. The van der Waals surface area contributed by atoms with Gasteiger partial charge in [0.25, 0.3) is 11.5 Å². The molecule has 1 aliphatic heterocycles. The van der Waals surface area contributed by atoms with E-state index in [9.17, 15) is 9.59 Å². The van der Waals surface area contributed by atoms with Gasteiger partial charge in [-0.1, -0.05) is 11.6 Å². The van der Waals surface area contributed by atoms with E-state index in [-0.39, 0.29) is 22.4 Å². The van der Waals surface area contributed by atoms with Crippen molar-refractivity contribution in [1.82, 2.24) is 20.1 Å². The number of benzene rings is 1. The monoisotopic (exact) mass is 399 g/mol. The summed E-state index contributed by atoms with van der Waals surface area (Å²) >= 11 is 6.08. The number of ether oxygens (including phenoxy) is 1. The molecule has 1 amide bonds. The van der Waals surface area contributed by atoms with Gasteiger partial charge >= 0.3 is 0 Å². The molecule has 2 aromatic heterocycles.